The number of benzene rings is 4. The van der Waals surface area contributed by atoms with E-state index in [1.54, 1.807) is 18.3 Å². The van der Waals surface area contributed by atoms with E-state index in [9.17, 15) is 18.5 Å². The maximum absolute atomic E-state index is 12.8. The van der Waals surface area contributed by atoms with E-state index in [2.05, 4.69) is 20.2 Å². The summed E-state index contributed by atoms with van der Waals surface area (Å²) in [5, 5.41) is 17.3. The molecule has 38 heavy (non-hydrogen) atoms. The molecule has 0 aliphatic rings. The fraction of sp³-hybridized carbons (Fsp3) is 0. The van der Waals surface area contributed by atoms with E-state index in [1.165, 1.54) is 24.3 Å². The molecule has 0 unspecified atom stereocenters. The van der Waals surface area contributed by atoms with E-state index in [4.69, 9.17) is 11.6 Å². The SMILES string of the molecule is O=[N+]([O-])c1cc(S(=O)(=O)Nc2cccc(Cl)c2)ccc1NN=Cc1c(-c2ccccc2)[nH]c2ccccc12. The molecule has 0 saturated heterocycles. The summed E-state index contributed by atoms with van der Waals surface area (Å²) in [6, 6.07) is 27.2. The highest BCUT2D eigenvalue weighted by Gasteiger charge is 2.22. The van der Waals surface area contributed by atoms with Crippen LogP contribution >= 0.6 is 11.6 Å². The summed E-state index contributed by atoms with van der Waals surface area (Å²) >= 11 is 5.92. The maximum atomic E-state index is 12.8. The van der Waals surface area contributed by atoms with Crippen molar-refractivity contribution in [2.75, 3.05) is 10.1 Å². The van der Waals surface area contributed by atoms with Gasteiger partial charge in [-0.2, -0.15) is 5.10 Å². The maximum Gasteiger partial charge on any atom is 0.295 e. The summed E-state index contributed by atoms with van der Waals surface area (Å²) in [6.45, 7) is 0. The van der Waals surface area contributed by atoms with Gasteiger partial charge < -0.3 is 4.98 Å². The summed E-state index contributed by atoms with van der Waals surface area (Å²) in [5.41, 5.74) is 6.04. The normalized spacial score (nSPS) is 11.6. The predicted octanol–water partition coefficient (Wildman–Crippen LogP) is 6.64. The van der Waals surface area contributed by atoms with Crippen molar-refractivity contribution in [2.45, 2.75) is 4.90 Å². The first-order valence-corrected chi connectivity index (χ1v) is 13.2. The first kappa shape index (κ1) is 25.0. The molecule has 0 aliphatic heterocycles. The number of H-pyrrole nitrogens is 1. The van der Waals surface area contributed by atoms with Crippen molar-refractivity contribution < 1.29 is 13.3 Å². The largest absolute Gasteiger partial charge is 0.354 e. The minimum absolute atomic E-state index is 0.0362. The van der Waals surface area contributed by atoms with Gasteiger partial charge in [-0.3, -0.25) is 20.3 Å². The number of hydrogen-bond donors (Lipinski definition) is 3. The molecule has 1 aromatic heterocycles. The second-order valence-electron chi connectivity index (χ2n) is 8.25. The molecule has 0 spiro atoms. The van der Waals surface area contributed by atoms with Crippen LogP contribution in [-0.2, 0) is 10.0 Å². The molecule has 9 nitrogen and oxygen atoms in total. The van der Waals surface area contributed by atoms with Gasteiger partial charge in [0.05, 0.1) is 27.4 Å². The number of rotatable bonds is 8. The predicted molar refractivity (Wildman–Crippen MR) is 150 cm³/mol. The molecule has 5 rings (SSSR count). The Hall–Kier alpha value is -4.67. The van der Waals surface area contributed by atoms with E-state index >= 15 is 0 Å². The fourth-order valence-corrected chi connectivity index (χ4v) is 5.25. The van der Waals surface area contributed by atoms with Crippen molar-refractivity contribution in [3.8, 4) is 11.3 Å². The van der Waals surface area contributed by atoms with Crippen molar-refractivity contribution in [1.82, 2.24) is 4.98 Å². The first-order chi connectivity index (χ1) is 18.3. The number of nitro benzene ring substituents is 1. The lowest BCUT2D eigenvalue weighted by Crippen LogP contribution is -2.13. The molecule has 5 aromatic rings. The summed E-state index contributed by atoms with van der Waals surface area (Å²) < 4.78 is 28.0. The van der Waals surface area contributed by atoms with Crippen LogP contribution in [-0.4, -0.2) is 24.5 Å². The monoisotopic (exact) mass is 545 g/mol. The summed E-state index contributed by atoms with van der Waals surface area (Å²) in [5.74, 6) is 0. The van der Waals surface area contributed by atoms with Gasteiger partial charge in [0.2, 0.25) is 0 Å². The zero-order valence-electron chi connectivity index (χ0n) is 19.6. The number of anilines is 2. The molecule has 0 atom stereocenters. The molecule has 0 fully saturated rings. The van der Waals surface area contributed by atoms with Crippen LogP contribution in [0, 0.1) is 10.1 Å². The number of aromatic amines is 1. The quantitative estimate of drug-likeness (QED) is 0.114. The van der Waals surface area contributed by atoms with Crippen molar-refractivity contribution in [1.29, 1.82) is 0 Å². The molecular weight excluding hydrogens is 526 g/mol. The topological polar surface area (TPSA) is 129 Å². The molecule has 0 bridgehead atoms. The average Bonchev–Trinajstić information content (AvgIpc) is 3.27. The zero-order chi connectivity index (χ0) is 26.7. The van der Waals surface area contributed by atoms with Crippen LogP contribution in [0.25, 0.3) is 22.2 Å². The smallest absolute Gasteiger partial charge is 0.295 e. The molecule has 190 valence electrons. The van der Waals surface area contributed by atoms with Gasteiger partial charge in [0.25, 0.3) is 15.7 Å². The number of sulfonamides is 1. The highest BCUT2D eigenvalue weighted by molar-refractivity contribution is 7.92. The minimum Gasteiger partial charge on any atom is -0.354 e. The van der Waals surface area contributed by atoms with Crippen LogP contribution in [0.2, 0.25) is 5.02 Å². The molecule has 3 N–H and O–H groups in total. The van der Waals surface area contributed by atoms with Crippen molar-refractivity contribution in [3.63, 3.8) is 0 Å². The van der Waals surface area contributed by atoms with Crippen molar-refractivity contribution in [3.05, 3.63) is 118 Å². The number of nitrogens with zero attached hydrogens (tertiary/aromatic N) is 2. The van der Waals surface area contributed by atoms with Crippen LogP contribution in [0.5, 0.6) is 0 Å². The van der Waals surface area contributed by atoms with Gasteiger partial charge in [0.1, 0.15) is 5.69 Å². The van der Waals surface area contributed by atoms with E-state index in [-0.39, 0.29) is 16.3 Å². The van der Waals surface area contributed by atoms with Crippen LogP contribution in [0.3, 0.4) is 0 Å². The van der Waals surface area contributed by atoms with Gasteiger partial charge >= 0.3 is 0 Å². The lowest BCUT2D eigenvalue weighted by atomic mass is 10.1. The number of nitro groups is 1. The second-order valence-corrected chi connectivity index (χ2v) is 10.4. The van der Waals surface area contributed by atoms with Crippen LogP contribution in [0.15, 0.2) is 107 Å². The highest BCUT2D eigenvalue weighted by atomic mass is 35.5. The van der Waals surface area contributed by atoms with Gasteiger partial charge in [-0.15, -0.1) is 0 Å². The summed E-state index contributed by atoms with van der Waals surface area (Å²) in [6.07, 6.45) is 1.58. The van der Waals surface area contributed by atoms with Crippen LogP contribution in [0.1, 0.15) is 5.56 Å². The van der Waals surface area contributed by atoms with E-state index in [0.717, 1.165) is 33.8 Å². The molecular formula is C27H20ClN5O4S. The van der Waals surface area contributed by atoms with Gasteiger partial charge in [0, 0.05) is 27.6 Å². The van der Waals surface area contributed by atoms with Crippen LogP contribution in [0.4, 0.5) is 17.1 Å². The Balaban J connectivity index is 1.45. The van der Waals surface area contributed by atoms with Gasteiger partial charge in [-0.05, 0) is 42.0 Å². The Bertz CT molecular complexity index is 1790. The van der Waals surface area contributed by atoms with Gasteiger partial charge in [-0.25, -0.2) is 8.42 Å². The number of nitrogens with one attached hydrogen (secondary N) is 3. The summed E-state index contributed by atoms with van der Waals surface area (Å²) in [7, 11) is -4.10. The first-order valence-electron chi connectivity index (χ1n) is 11.3. The third-order valence-corrected chi connectivity index (χ3v) is 7.35. The van der Waals surface area contributed by atoms with Crippen molar-refractivity contribution in [2.24, 2.45) is 5.10 Å². The number of hydrogen-bond acceptors (Lipinski definition) is 6. The Kier molecular flexibility index (Phi) is 6.82. The lowest BCUT2D eigenvalue weighted by molar-refractivity contribution is -0.384. The molecule has 0 amide bonds. The molecule has 0 saturated carbocycles. The van der Waals surface area contributed by atoms with Gasteiger partial charge in [0.15, 0.2) is 0 Å². The number of halogens is 1. The standard InChI is InChI=1S/C27H20ClN5O4S/c28-19-9-6-10-20(15-19)32-38(36,37)21-13-14-25(26(16-21)33(34)35)31-29-17-23-22-11-4-5-12-24(22)30-27(23)18-7-2-1-3-8-18/h1-17,30-32H. The van der Waals surface area contributed by atoms with Crippen LogP contribution < -0.4 is 10.1 Å². The molecule has 11 heteroatoms. The Labute approximate surface area is 223 Å². The average molecular weight is 546 g/mol. The third kappa shape index (κ3) is 5.22. The Morgan fingerprint density at radius 3 is 2.45 bits per heavy atom. The molecule has 0 radical (unpaired) electrons. The Morgan fingerprint density at radius 1 is 0.921 bits per heavy atom. The number of hydrazone groups is 1. The van der Waals surface area contributed by atoms with Gasteiger partial charge in [-0.1, -0.05) is 66.2 Å². The van der Waals surface area contributed by atoms with E-state index < -0.39 is 20.6 Å². The van der Waals surface area contributed by atoms with E-state index in [0.29, 0.717) is 5.02 Å². The fourth-order valence-electron chi connectivity index (χ4n) is 3.99. The molecule has 1 heterocycles. The minimum atomic E-state index is -4.10. The zero-order valence-corrected chi connectivity index (χ0v) is 21.2. The van der Waals surface area contributed by atoms with Crippen molar-refractivity contribution >= 4 is 55.8 Å². The number of fused-ring (bicyclic) bond motifs is 1. The summed E-state index contributed by atoms with van der Waals surface area (Å²) in [4.78, 5) is 14.2. The second kappa shape index (κ2) is 10.4. The highest BCUT2D eigenvalue weighted by Crippen LogP contribution is 2.31. The number of aromatic nitrogens is 1. The molecule has 4 aromatic carbocycles. The molecule has 0 aliphatic carbocycles. The third-order valence-electron chi connectivity index (χ3n) is 5.74. The van der Waals surface area contributed by atoms with E-state index in [1.807, 2.05) is 54.6 Å². The lowest BCUT2D eigenvalue weighted by Gasteiger charge is -2.09. The Morgan fingerprint density at radius 2 is 1.68 bits per heavy atom. The number of para-hydroxylation sites is 1.